The Hall–Kier alpha value is -5.25. The number of benzene rings is 6. The molecule has 10 rings (SSSR count). The van der Waals surface area contributed by atoms with E-state index in [4.69, 9.17) is 0 Å². The molecular weight excluding hydrogens is 881 g/mol. The summed E-state index contributed by atoms with van der Waals surface area (Å²) in [6.07, 6.45) is 16.2. The molecule has 0 spiro atoms. The fourth-order valence-corrected chi connectivity index (χ4v) is 14.1. The first-order valence-electron chi connectivity index (χ1n) is 23.6. The molecule has 0 aliphatic carbocycles. The lowest BCUT2D eigenvalue weighted by molar-refractivity contribution is -0.642. The fourth-order valence-electron chi connectivity index (χ4n) is 9.48. The lowest BCUT2D eigenvalue weighted by atomic mass is 9.94. The number of anilines is 3. The first-order valence-corrected chi connectivity index (χ1v) is 27.3. The van der Waals surface area contributed by atoms with E-state index in [1.165, 1.54) is 138 Å². The zero-order valence-electron chi connectivity index (χ0n) is 38.0. The first kappa shape index (κ1) is 44.6. The number of nitrogens with zero attached hydrogens (tertiary/aromatic N) is 4. The van der Waals surface area contributed by atoms with Gasteiger partial charge in [0.25, 0.3) is 5.01 Å². The Kier molecular flexibility index (Phi) is 14.3. The van der Waals surface area contributed by atoms with Crippen LogP contribution in [0.2, 0.25) is 0 Å². The number of unbranched alkanes of at least 4 members (excludes halogenated alkanes) is 7. The van der Waals surface area contributed by atoms with Gasteiger partial charge in [0, 0.05) is 77.5 Å². The maximum atomic E-state index is 2.60. The van der Waals surface area contributed by atoms with Gasteiger partial charge < -0.3 is 9.80 Å². The molecule has 2 aliphatic heterocycles. The maximum absolute atomic E-state index is 2.60. The molecule has 0 fully saturated rings. The second-order valence-electron chi connectivity index (χ2n) is 17.3. The molecule has 1 atom stereocenters. The van der Waals surface area contributed by atoms with Gasteiger partial charge in [0.2, 0.25) is 21.7 Å². The van der Waals surface area contributed by atoms with Crippen molar-refractivity contribution in [3.8, 4) is 5.69 Å². The predicted octanol–water partition coefficient (Wildman–Crippen LogP) is 15.8. The van der Waals surface area contributed by atoms with Crippen LogP contribution in [0.1, 0.15) is 73.9 Å². The van der Waals surface area contributed by atoms with Crippen LogP contribution in [0.15, 0.2) is 179 Å². The van der Waals surface area contributed by atoms with E-state index in [1.54, 1.807) is 0 Å². The van der Waals surface area contributed by atoms with E-state index in [2.05, 4.69) is 221 Å². The molecule has 332 valence electrons. The molecule has 8 heteroatoms. The minimum Gasteiger partial charge on any atom is -0.338 e. The Morgan fingerprint density at radius 1 is 0.636 bits per heavy atom. The molecule has 8 aromatic rings. The zero-order chi connectivity index (χ0) is 44.7. The molecule has 0 bridgehead atoms. The van der Waals surface area contributed by atoms with E-state index in [0.717, 1.165) is 12.2 Å². The Morgan fingerprint density at radius 2 is 1.27 bits per heavy atom. The highest BCUT2D eigenvalue weighted by Gasteiger charge is 2.32. The summed E-state index contributed by atoms with van der Waals surface area (Å²) in [5.74, 6) is 2.29. The largest absolute Gasteiger partial charge is 0.338 e. The van der Waals surface area contributed by atoms with E-state index in [-0.39, 0.29) is 0 Å². The van der Waals surface area contributed by atoms with Crippen molar-refractivity contribution in [2.75, 3.05) is 28.4 Å². The van der Waals surface area contributed by atoms with Gasteiger partial charge in [-0.05, 0) is 78.3 Å². The molecule has 0 saturated heterocycles. The summed E-state index contributed by atoms with van der Waals surface area (Å²) in [5, 5.41) is 5.49. The van der Waals surface area contributed by atoms with Gasteiger partial charge in [-0.2, -0.15) is 4.57 Å². The minimum absolute atomic E-state index is 0.345. The van der Waals surface area contributed by atoms with Crippen molar-refractivity contribution in [3.05, 3.63) is 185 Å². The minimum atomic E-state index is 0.345. The summed E-state index contributed by atoms with van der Waals surface area (Å²) < 4.78 is 6.16. The lowest BCUT2D eigenvalue weighted by Crippen LogP contribution is -2.34. The highest BCUT2D eigenvalue weighted by Crippen LogP contribution is 2.47. The standard InChI is InChI=1S/C58H58N4S4/c1-59-51-33-19-21-35-53(51)65-55(59)39-43-41-57(61(45-25-11-9-12-26-45)49-31-17-15-29-47(43)49)63-37-23-7-5-3-4-6-8-24-38-64-58-42-44(40-56-60(2)52-34-20-22-36-54(52)66-56)48-30-16-18-32-50(48)62(58)46-27-13-10-14-28-46/h9-22,25-36,39-41,58H,3-8,23-24,37-38,42H2,1-2H3/q+2. The first-order chi connectivity index (χ1) is 32.6. The monoisotopic (exact) mass is 938 g/mol. The highest BCUT2D eigenvalue weighted by molar-refractivity contribution is 8.04. The summed E-state index contributed by atoms with van der Waals surface area (Å²) in [6.45, 7) is 0. The average molecular weight is 939 g/mol. The third kappa shape index (κ3) is 9.75. The number of rotatable bonds is 17. The predicted molar refractivity (Wildman–Crippen MR) is 289 cm³/mol. The number of thiazole rings is 1. The summed E-state index contributed by atoms with van der Waals surface area (Å²) >= 11 is 7.90. The van der Waals surface area contributed by atoms with E-state index in [0.29, 0.717) is 5.37 Å². The van der Waals surface area contributed by atoms with Crippen LogP contribution in [-0.4, -0.2) is 23.9 Å². The van der Waals surface area contributed by atoms with Gasteiger partial charge in [-0.3, -0.25) is 0 Å². The Morgan fingerprint density at radius 3 is 2.05 bits per heavy atom. The quantitative estimate of drug-likeness (QED) is 0.0511. The summed E-state index contributed by atoms with van der Waals surface area (Å²) in [5.41, 5.74) is 11.7. The maximum Gasteiger partial charge on any atom is 0.262 e. The molecule has 0 radical (unpaired) electrons. The molecule has 4 nitrogen and oxygen atoms in total. The molecular formula is C58H58N4S4+2. The summed E-state index contributed by atoms with van der Waals surface area (Å²) in [7, 11) is 4.39. The van der Waals surface area contributed by atoms with Gasteiger partial charge in [0.15, 0.2) is 0 Å². The van der Waals surface area contributed by atoms with Gasteiger partial charge >= 0.3 is 0 Å². The second-order valence-corrected chi connectivity index (χ2v) is 21.8. The Labute approximate surface area is 408 Å². The van der Waals surface area contributed by atoms with Crippen LogP contribution in [-0.2, 0) is 7.05 Å². The molecule has 0 saturated carbocycles. The summed E-state index contributed by atoms with van der Waals surface area (Å²) in [6, 6.07) is 59.8. The number of thioether (sulfide) groups is 3. The number of aromatic nitrogens is 2. The van der Waals surface area contributed by atoms with Crippen molar-refractivity contribution < 1.29 is 9.13 Å². The van der Waals surface area contributed by atoms with Crippen LogP contribution in [0.5, 0.6) is 0 Å². The molecule has 2 aliphatic rings. The molecule has 6 aromatic carbocycles. The van der Waals surface area contributed by atoms with Gasteiger partial charge in [-0.25, -0.2) is 0 Å². The van der Waals surface area contributed by atoms with Gasteiger partial charge in [0.1, 0.15) is 11.7 Å². The van der Waals surface area contributed by atoms with Crippen molar-refractivity contribution in [2.45, 2.75) is 73.1 Å². The van der Waals surface area contributed by atoms with Crippen LogP contribution in [0.4, 0.5) is 17.1 Å². The third-order valence-electron chi connectivity index (χ3n) is 12.9. The average Bonchev–Trinajstić information content (AvgIpc) is 3.85. The van der Waals surface area contributed by atoms with Crippen LogP contribution in [0.3, 0.4) is 0 Å². The number of hydrogen-bond acceptors (Lipinski definition) is 6. The number of aryl methyl sites for hydroxylation is 1. The van der Waals surface area contributed by atoms with E-state index in [1.807, 2.05) is 34.9 Å². The van der Waals surface area contributed by atoms with Gasteiger partial charge in [-0.15, -0.1) is 16.3 Å². The van der Waals surface area contributed by atoms with E-state index >= 15 is 0 Å². The zero-order valence-corrected chi connectivity index (χ0v) is 41.3. The van der Waals surface area contributed by atoms with Crippen LogP contribution < -0.4 is 18.9 Å². The Balaban J connectivity index is 0.729. The molecule has 4 heterocycles. The van der Waals surface area contributed by atoms with Crippen molar-refractivity contribution in [3.63, 3.8) is 0 Å². The topological polar surface area (TPSA) is 14.2 Å². The van der Waals surface area contributed by atoms with Crippen molar-refractivity contribution >= 4 is 103 Å². The summed E-state index contributed by atoms with van der Waals surface area (Å²) in [4.78, 5) is 6.25. The van der Waals surface area contributed by atoms with Crippen molar-refractivity contribution in [1.29, 1.82) is 0 Å². The third-order valence-corrected chi connectivity index (χ3v) is 17.6. The smallest absolute Gasteiger partial charge is 0.262 e. The van der Waals surface area contributed by atoms with Crippen molar-refractivity contribution in [2.24, 2.45) is 7.05 Å². The van der Waals surface area contributed by atoms with Crippen molar-refractivity contribution in [1.82, 2.24) is 0 Å². The van der Waals surface area contributed by atoms with Gasteiger partial charge in [0.05, 0.1) is 21.5 Å². The molecule has 0 amide bonds. The van der Waals surface area contributed by atoms with Gasteiger partial charge in [-0.1, -0.05) is 164 Å². The van der Waals surface area contributed by atoms with Crippen LogP contribution in [0, 0.1) is 0 Å². The highest BCUT2D eigenvalue weighted by atomic mass is 32.2. The van der Waals surface area contributed by atoms with Crippen LogP contribution in [0.25, 0.3) is 44.5 Å². The molecule has 1 unspecified atom stereocenters. The fraction of sp³-hybridized carbons (Fsp3) is 0.241. The molecule has 66 heavy (non-hydrogen) atoms. The number of fused-ring (bicyclic) bond motifs is 4. The normalized spacial score (nSPS) is 15.9. The Bertz CT molecular complexity index is 3000. The SMILES string of the molecule is CN1/C(=C\c2cc(SCCCCCCCCCCSC3C/C(=C\c4sc5ccccc5[n+]4C)c4ccccc4N3c3ccccc3)[n+](-c3ccccc3)c3ccccc23)Sc2ccccc21. The molecule has 2 aromatic heterocycles. The van der Waals surface area contributed by atoms with E-state index < -0.39 is 0 Å². The number of pyridine rings is 1. The number of hydrogen-bond donors (Lipinski definition) is 0. The second kappa shape index (κ2) is 21.1. The van der Waals surface area contributed by atoms with Crippen LogP contribution >= 0.6 is 46.6 Å². The number of para-hydroxylation sites is 6. The lowest BCUT2D eigenvalue weighted by Gasteiger charge is -2.39. The van der Waals surface area contributed by atoms with E-state index in [9.17, 15) is 0 Å². The molecule has 0 N–H and O–H groups in total.